The van der Waals surface area contributed by atoms with Crippen LogP contribution in [-0.4, -0.2) is 19.1 Å². The minimum absolute atomic E-state index is 0.0244. The van der Waals surface area contributed by atoms with E-state index in [0.29, 0.717) is 11.5 Å². The minimum atomic E-state index is -0.622. The van der Waals surface area contributed by atoms with E-state index in [1.807, 2.05) is 6.07 Å². The maximum absolute atomic E-state index is 13.8. The third-order valence-corrected chi connectivity index (χ3v) is 3.04. The Labute approximate surface area is 133 Å². The number of nitrogens with zero attached hydrogens (tertiary/aromatic N) is 1. The van der Waals surface area contributed by atoms with Crippen molar-refractivity contribution in [3.05, 3.63) is 53.8 Å². The molecule has 0 saturated heterocycles. The number of amides is 1. The van der Waals surface area contributed by atoms with Gasteiger partial charge in [-0.1, -0.05) is 0 Å². The monoisotopic (exact) mass is 314 g/mol. The molecule has 6 heteroatoms. The molecule has 1 N–H and O–H groups in total. The van der Waals surface area contributed by atoms with Crippen LogP contribution in [0.5, 0.6) is 17.2 Å². The van der Waals surface area contributed by atoms with E-state index in [9.17, 15) is 9.18 Å². The number of likely N-dealkylation sites (N-methyl/N-ethyl adjacent to an activating group) is 1. The van der Waals surface area contributed by atoms with Gasteiger partial charge in [0.05, 0.1) is 11.6 Å². The lowest BCUT2D eigenvalue weighted by molar-refractivity contribution is -0.126. The number of carbonyl (C=O) groups excluding carboxylic acids is 1. The van der Waals surface area contributed by atoms with E-state index in [1.165, 1.54) is 19.2 Å². The van der Waals surface area contributed by atoms with Gasteiger partial charge in [-0.05, 0) is 49.4 Å². The van der Waals surface area contributed by atoms with Crippen LogP contribution < -0.4 is 14.8 Å². The first kappa shape index (κ1) is 16.3. The molecule has 0 fully saturated rings. The largest absolute Gasteiger partial charge is 0.481 e. The Balaban J connectivity index is 2.06. The maximum Gasteiger partial charge on any atom is 0.260 e. The Bertz CT molecular complexity index is 738. The first-order chi connectivity index (χ1) is 11.0. The van der Waals surface area contributed by atoms with E-state index in [4.69, 9.17) is 14.7 Å². The molecule has 2 aromatic rings. The quantitative estimate of drug-likeness (QED) is 0.921. The molecule has 1 atom stereocenters. The maximum atomic E-state index is 13.8. The molecule has 1 unspecified atom stereocenters. The molecule has 5 nitrogen and oxygen atoms in total. The van der Waals surface area contributed by atoms with Crippen molar-refractivity contribution in [2.75, 3.05) is 7.05 Å². The Hall–Kier alpha value is -3.07. The normalized spacial score (nSPS) is 11.2. The van der Waals surface area contributed by atoms with Gasteiger partial charge in [-0.3, -0.25) is 4.79 Å². The van der Waals surface area contributed by atoms with Gasteiger partial charge in [0.15, 0.2) is 17.7 Å². The van der Waals surface area contributed by atoms with Crippen molar-refractivity contribution in [1.29, 1.82) is 5.26 Å². The number of rotatable bonds is 5. The molecule has 0 saturated carbocycles. The van der Waals surface area contributed by atoms with Gasteiger partial charge in [0.2, 0.25) is 0 Å². The molecule has 0 spiro atoms. The number of hydrogen-bond donors (Lipinski definition) is 1. The summed E-state index contributed by atoms with van der Waals surface area (Å²) in [6, 6.07) is 12.3. The molecule has 0 aromatic heterocycles. The Morgan fingerprint density at radius 2 is 1.87 bits per heavy atom. The predicted octanol–water partition coefficient (Wildman–Crippen LogP) is 3.00. The Morgan fingerprint density at radius 1 is 1.22 bits per heavy atom. The summed E-state index contributed by atoms with van der Waals surface area (Å²) in [6.45, 7) is 1.63. The molecular weight excluding hydrogens is 299 g/mol. The van der Waals surface area contributed by atoms with E-state index < -0.39 is 11.9 Å². The number of carbonyl (C=O) groups is 1. The lowest BCUT2D eigenvalue weighted by atomic mass is 10.2. The summed E-state index contributed by atoms with van der Waals surface area (Å²) in [5, 5.41) is 11.2. The van der Waals surface area contributed by atoms with Crippen LogP contribution in [0.15, 0.2) is 42.5 Å². The van der Waals surface area contributed by atoms with Crippen LogP contribution >= 0.6 is 0 Å². The second kappa shape index (κ2) is 7.27. The molecule has 118 valence electrons. The second-order valence-corrected chi connectivity index (χ2v) is 4.70. The van der Waals surface area contributed by atoms with Gasteiger partial charge >= 0.3 is 0 Å². The standard InChI is InChI=1S/C17H15FN2O3/c1-11(17(21)20-2)22-13-4-6-14(7-5-13)23-16-8-3-12(10-19)9-15(16)18/h3-9,11H,1-2H3,(H,20,21). The number of nitrogens with one attached hydrogen (secondary N) is 1. The fourth-order valence-electron chi connectivity index (χ4n) is 1.83. The molecule has 0 aliphatic rings. The highest BCUT2D eigenvalue weighted by Crippen LogP contribution is 2.27. The van der Waals surface area contributed by atoms with Gasteiger partial charge < -0.3 is 14.8 Å². The predicted molar refractivity (Wildman–Crippen MR) is 81.8 cm³/mol. The Morgan fingerprint density at radius 3 is 2.43 bits per heavy atom. The van der Waals surface area contributed by atoms with Crippen LogP contribution in [0.3, 0.4) is 0 Å². The van der Waals surface area contributed by atoms with Crippen molar-refractivity contribution >= 4 is 5.91 Å². The summed E-state index contributed by atoms with van der Waals surface area (Å²) in [6.07, 6.45) is -0.622. The minimum Gasteiger partial charge on any atom is -0.481 e. The molecule has 23 heavy (non-hydrogen) atoms. The van der Waals surface area contributed by atoms with E-state index in [2.05, 4.69) is 5.32 Å². The zero-order valence-electron chi connectivity index (χ0n) is 12.7. The summed E-state index contributed by atoms with van der Waals surface area (Å²) < 4.78 is 24.6. The summed E-state index contributed by atoms with van der Waals surface area (Å²) in [4.78, 5) is 11.4. The highest BCUT2D eigenvalue weighted by atomic mass is 19.1. The third-order valence-electron chi connectivity index (χ3n) is 3.04. The first-order valence-corrected chi connectivity index (χ1v) is 6.89. The average Bonchev–Trinajstić information content (AvgIpc) is 2.57. The lowest BCUT2D eigenvalue weighted by Crippen LogP contribution is -2.33. The average molecular weight is 314 g/mol. The third kappa shape index (κ3) is 4.20. The topological polar surface area (TPSA) is 71.3 Å². The summed E-state index contributed by atoms with van der Waals surface area (Å²) in [5.74, 6) is 0.0845. The number of hydrogen-bond acceptors (Lipinski definition) is 4. The van der Waals surface area contributed by atoms with E-state index >= 15 is 0 Å². The number of benzene rings is 2. The van der Waals surface area contributed by atoms with Gasteiger partial charge in [-0.25, -0.2) is 4.39 Å². The summed E-state index contributed by atoms with van der Waals surface area (Å²) in [7, 11) is 1.53. The molecule has 0 bridgehead atoms. The zero-order valence-corrected chi connectivity index (χ0v) is 12.7. The van der Waals surface area contributed by atoms with E-state index in [0.717, 1.165) is 6.07 Å². The molecular formula is C17H15FN2O3. The molecule has 2 rings (SSSR count). The van der Waals surface area contributed by atoms with E-state index in [-0.39, 0.29) is 17.2 Å². The van der Waals surface area contributed by atoms with Crippen molar-refractivity contribution in [2.45, 2.75) is 13.0 Å². The van der Waals surface area contributed by atoms with E-state index in [1.54, 1.807) is 31.2 Å². The fourth-order valence-corrected chi connectivity index (χ4v) is 1.83. The second-order valence-electron chi connectivity index (χ2n) is 4.70. The molecule has 0 radical (unpaired) electrons. The molecule has 0 heterocycles. The van der Waals surface area contributed by atoms with Crippen LogP contribution in [-0.2, 0) is 4.79 Å². The number of nitriles is 1. The van der Waals surface area contributed by atoms with Crippen molar-refractivity contribution < 1.29 is 18.7 Å². The molecule has 0 aliphatic heterocycles. The first-order valence-electron chi connectivity index (χ1n) is 6.89. The zero-order chi connectivity index (χ0) is 16.8. The summed E-state index contributed by atoms with van der Waals surface area (Å²) >= 11 is 0. The smallest absolute Gasteiger partial charge is 0.260 e. The van der Waals surface area contributed by atoms with Gasteiger partial charge in [-0.15, -0.1) is 0 Å². The van der Waals surface area contributed by atoms with Crippen molar-refractivity contribution in [3.63, 3.8) is 0 Å². The van der Waals surface area contributed by atoms with Crippen LogP contribution in [0.25, 0.3) is 0 Å². The number of halogens is 1. The van der Waals surface area contributed by atoms with Gasteiger partial charge in [0.25, 0.3) is 5.91 Å². The van der Waals surface area contributed by atoms with Crippen molar-refractivity contribution in [1.82, 2.24) is 5.32 Å². The molecule has 0 aliphatic carbocycles. The van der Waals surface area contributed by atoms with Crippen LogP contribution in [0.2, 0.25) is 0 Å². The highest BCUT2D eigenvalue weighted by molar-refractivity contribution is 5.80. The van der Waals surface area contributed by atoms with Crippen LogP contribution in [0.1, 0.15) is 12.5 Å². The SMILES string of the molecule is CNC(=O)C(C)Oc1ccc(Oc2ccc(C#N)cc2F)cc1. The van der Waals surface area contributed by atoms with Gasteiger partial charge in [0, 0.05) is 7.05 Å². The van der Waals surface area contributed by atoms with Crippen molar-refractivity contribution in [3.8, 4) is 23.3 Å². The van der Waals surface area contributed by atoms with Crippen molar-refractivity contribution in [2.24, 2.45) is 0 Å². The lowest BCUT2D eigenvalue weighted by Gasteiger charge is -2.13. The molecule has 2 aromatic carbocycles. The highest BCUT2D eigenvalue weighted by Gasteiger charge is 2.12. The van der Waals surface area contributed by atoms with Crippen LogP contribution in [0.4, 0.5) is 4.39 Å². The van der Waals surface area contributed by atoms with Crippen LogP contribution in [0, 0.1) is 17.1 Å². The van der Waals surface area contributed by atoms with Gasteiger partial charge in [0.1, 0.15) is 11.5 Å². The molecule has 1 amide bonds. The number of ether oxygens (including phenoxy) is 2. The van der Waals surface area contributed by atoms with Gasteiger partial charge in [-0.2, -0.15) is 5.26 Å². The fraction of sp³-hybridized carbons (Fsp3) is 0.176. The Kier molecular flexibility index (Phi) is 5.15. The summed E-state index contributed by atoms with van der Waals surface area (Å²) in [5.41, 5.74) is 0.224.